The summed E-state index contributed by atoms with van der Waals surface area (Å²) in [4.78, 5) is 1.81. The van der Waals surface area contributed by atoms with E-state index in [0.29, 0.717) is 25.6 Å². The number of rotatable bonds is 10. The fourth-order valence-corrected chi connectivity index (χ4v) is 3.50. The first kappa shape index (κ1) is 30.8. The van der Waals surface area contributed by atoms with Crippen molar-refractivity contribution in [3.8, 4) is 11.8 Å². The second-order valence-electron chi connectivity index (χ2n) is 8.28. The quantitative estimate of drug-likeness (QED) is 0.179. The van der Waals surface area contributed by atoms with Crippen molar-refractivity contribution < 1.29 is 37.7 Å². The predicted molar refractivity (Wildman–Crippen MR) is 132 cm³/mol. The molecule has 0 fully saturated rings. The maximum absolute atomic E-state index is 13.2. The van der Waals surface area contributed by atoms with Crippen LogP contribution in [0.4, 0.5) is 18.9 Å². The number of halogens is 3. The van der Waals surface area contributed by atoms with Crippen LogP contribution in [-0.2, 0) is 32.5 Å². The van der Waals surface area contributed by atoms with E-state index in [2.05, 4.69) is 24.5 Å². The zero-order chi connectivity index (χ0) is 25.3. The summed E-state index contributed by atoms with van der Waals surface area (Å²) in [6.07, 6.45) is -3.97. The van der Waals surface area contributed by atoms with Gasteiger partial charge in [-0.1, -0.05) is 26.0 Å². The number of benzene rings is 2. The molecule has 0 aromatic heterocycles. The molecule has 2 rings (SSSR count). The predicted octanol–water partition coefficient (Wildman–Crippen LogP) is 6.11. The smallest absolute Gasteiger partial charge is 0.497 e. The molecule has 0 aliphatic carbocycles. The Morgan fingerprint density at radius 3 is 2.37 bits per heavy atom. The van der Waals surface area contributed by atoms with Crippen LogP contribution in [0.15, 0.2) is 42.5 Å². The molecule has 0 bridgehead atoms. The van der Waals surface area contributed by atoms with Gasteiger partial charge in [0.25, 0.3) is 0 Å². The Kier molecular flexibility index (Phi) is 12.7. The van der Waals surface area contributed by atoms with Crippen molar-refractivity contribution in [2.75, 3.05) is 18.5 Å². The summed E-state index contributed by atoms with van der Waals surface area (Å²) >= 11 is 5.43. The van der Waals surface area contributed by atoms with E-state index < -0.39 is 17.3 Å². The van der Waals surface area contributed by atoms with E-state index in [4.69, 9.17) is 22.2 Å². The molecule has 0 aliphatic rings. The summed E-state index contributed by atoms with van der Waals surface area (Å²) in [5, 5.41) is 15.4. The first-order chi connectivity index (χ1) is 16.0. The third kappa shape index (κ3) is 10.1. The van der Waals surface area contributed by atoms with Crippen molar-refractivity contribution >= 4 is 23.0 Å². The number of anilines is 1. The molecule has 2 N–H and O–H groups in total. The Morgan fingerprint density at radius 2 is 1.83 bits per heavy atom. The molecular weight excluding hydrogens is 652 g/mol. The molecule has 0 saturated carbocycles. The molecule has 0 atom stereocenters. The molecule has 0 saturated heterocycles. The topological polar surface area (TPSA) is 60.3 Å². The first-order valence-electron chi connectivity index (χ1n) is 11.0. The van der Waals surface area contributed by atoms with Crippen LogP contribution in [0.2, 0.25) is 0 Å². The second kappa shape index (κ2) is 14.4. The zero-order valence-electron chi connectivity index (χ0n) is 20.1. The minimum atomic E-state index is -4.63. The van der Waals surface area contributed by atoms with E-state index in [1.165, 1.54) is 11.6 Å². The molecular formula is C25H30F3N4OOsS. The van der Waals surface area contributed by atoms with Crippen molar-refractivity contribution in [1.82, 2.24) is 10.2 Å². The minimum absolute atomic E-state index is 0. The van der Waals surface area contributed by atoms with Gasteiger partial charge in [0.05, 0.1) is 23.8 Å². The van der Waals surface area contributed by atoms with E-state index in [1.54, 1.807) is 6.07 Å². The monoisotopic (exact) mass is 683 g/mol. The Balaban J connectivity index is 0.00000612. The molecule has 0 unspecified atom stereocenters. The van der Waals surface area contributed by atoms with Gasteiger partial charge in [-0.2, -0.15) is 32.3 Å². The Hall–Kier alpha value is -2.19. The number of alkyl halides is 3. The van der Waals surface area contributed by atoms with Gasteiger partial charge < -0.3 is 20.3 Å². The summed E-state index contributed by atoms with van der Waals surface area (Å²) in [5.74, 6) is 0.773. The fourth-order valence-electron chi connectivity index (χ4n) is 3.11. The number of thiocarbonyl (C=S) groups is 1. The van der Waals surface area contributed by atoms with Crippen molar-refractivity contribution in [2.45, 2.75) is 52.9 Å². The van der Waals surface area contributed by atoms with Crippen LogP contribution >= 0.6 is 12.2 Å². The standard InChI is InChI=1S/C25H30F3N4OS.Os/c1-17(2)30-16-19-6-10-22(11-7-19)33-13-5-12-32(18(3)4)24(34)31-21-9-8-20(15-29)23(14-21)25(26,27)28;/h6-11,14,17,30H,5,12-13,16H2,1-4H3,(H,31,34);/q-1;+1. The second-order valence-corrected chi connectivity index (χ2v) is 8.67. The van der Waals surface area contributed by atoms with Crippen LogP contribution in [0.25, 0.3) is 0 Å². The van der Waals surface area contributed by atoms with Crippen molar-refractivity contribution in [3.63, 3.8) is 0 Å². The summed E-state index contributed by atoms with van der Waals surface area (Å²) < 4.78 is 45.5. The summed E-state index contributed by atoms with van der Waals surface area (Å²) in [6, 6.07) is 14.2. The summed E-state index contributed by atoms with van der Waals surface area (Å²) in [5.41, 5.74) is -0.0754. The Bertz CT molecular complexity index is 992. The third-order valence-corrected chi connectivity index (χ3v) is 5.24. The van der Waals surface area contributed by atoms with Gasteiger partial charge in [0.15, 0.2) is 0 Å². The molecule has 1 radical (unpaired) electrons. The van der Waals surface area contributed by atoms with Crippen molar-refractivity contribution in [2.24, 2.45) is 0 Å². The number of nitrogens with zero attached hydrogens (tertiary/aromatic N) is 2. The summed E-state index contributed by atoms with van der Waals surface area (Å²) in [7, 11) is 0. The molecule has 0 spiro atoms. The van der Waals surface area contributed by atoms with Crippen LogP contribution in [0.3, 0.4) is 0 Å². The van der Waals surface area contributed by atoms with Crippen LogP contribution in [0, 0.1) is 17.4 Å². The molecule has 10 heteroatoms. The average molecular weight is 682 g/mol. The zero-order valence-corrected chi connectivity index (χ0v) is 23.5. The molecule has 2 aromatic carbocycles. The largest absolute Gasteiger partial charge is 1.00 e. The van der Waals surface area contributed by atoms with Gasteiger partial charge in [-0.3, -0.25) is 0 Å². The van der Waals surface area contributed by atoms with Crippen LogP contribution in [0.5, 0.6) is 5.75 Å². The molecule has 0 amide bonds. The first-order valence-corrected chi connectivity index (χ1v) is 11.4. The van der Waals surface area contributed by atoms with Crippen LogP contribution in [0.1, 0.15) is 50.8 Å². The van der Waals surface area contributed by atoms with Gasteiger partial charge in [0.2, 0.25) is 0 Å². The molecule has 2 aromatic rings. The normalized spacial score (nSPS) is 11.1. The Morgan fingerprint density at radius 1 is 1.17 bits per heavy atom. The van der Waals surface area contributed by atoms with E-state index in [-0.39, 0.29) is 30.6 Å². The number of hydrogen-bond donors (Lipinski definition) is 2. The van der Waals surface area contributed by atoms with Gasteiger partial charge in [0, 0.05) is 18.3 Å². The third-order valence-electron chi connectivity index (χ3n) is 4.91. The molecule has 5 nitrogen and oxygen atoms in total. The number of nitrogens with one attached hydrogen (secondary N) is 2. The molecule has 0 heterocycles. The van der Waals surface area contributed by atoms with Gasteiger partial charge in [-0.25, -0.2) is 6.04 Å². The van der Waals surface area contributed by atoms with Gasteiger partial charge >= 0.3 is 26.0 Å². The number of nitriles is 1. The van der Waals surface area contributed by atoms with Gasteiger partial charge in [-0.05, 0) is 61.1 Å². The van der Waals surface area contributed by atoms with Crippen molar-refractivity contribution in [3.05, 3.63) is 65.2 Å². The van der Waals surface area contributed by atoms with E-state index in [0.717, 1.165) is 30.5 Å². The number of ether oxygens (including phenoxy) is 1. The number of hydrogen-bond acceptors (Lipinski definition) is 4. The minimum Gasteiger partial charge on any atom is -0.497 e. The van der Waals surface area contributed by atoms with Gasteiger partial charge in [-0.15, -0.1) is 0 Å². The van der Waals surface area contributed by atoms with Gasteiger partial charge in [0.1, 0.15) is 10.9 Å². The maximum Gasteiger partial charge on any atom is 1.00 e. The fraction of sp³-hybridized carbons (Fsp3) is 0.400. The SMILES string of the molecule is C[C-](C)N(CCCOc1ccc(CNC(C)C)cc1)C(=S)Nc1ccc(C#N)c(C(F)(F)F)c1.[Os+]. The molecule has 0 aliphatic heterocycles. The van der Waals surface area contributed by atoms with E-state index in [1.807, 2.05) is 43.0 Å². The van der Waals surface area contributed by atoms with E-state index >= 15 is 0 Å². The van der Waals surface area contributed by atoms with Crippen LogP contribution in [-0.4, -0.2) is 29.2 Å². The maximum atomic E-state index is 13.2. The van der Waals surface area contributed by atoms with E-state index in [9.17, 15) is 13.2 Å². The van der Waals surface area contributed by atoms with Crippen molar-refractivity contribution in [1.29, 1.82) is 5.26 Å². The molecule has 35 heavy (non-hydrogen) atoms. The molecule has 191 valence electrons. The van der Waals surface area contributed by atoms with Crippen LogP contribution < -0.4 is 15.4 Å². The average Bonchev–Trinajstić information content (AvgIpc) is 2.77. The Labute approximate surface area is 224 Å². The summed E-state index contributed by atoms with van der Waals surface area (Å²) in [6.45, 7) is 9.74.